The maximum Gasteiger partial charge on any atom is 0.349 e. The van der Waals surface area contributed by atoms with Crippen molar-refractivity contribution in [1.29, 1.82) is 0 Å². The van der Waals surface area contributed by atoms with Gasteiger partial charge >= 0.3 is 5.63 Å². The smallest absolute Gasteiger partial charge is 0.349 e. The number of thiazole rings is 1. The van der Waals surface area contributed by atoms with Gasteiger partial charge in [0, 0.05) is 18.5 Å². The van der Waals surface area contributed by atoms with E-state index in [9.17, 15) is 9.59 Å². The van der Waals surface area contributed by atoms with Crippen LogP contribution in [0, 0.1) is 6.92 Å². The van der Waals surface area contributed by atoms with E-state index in [-0.39, 0.29) is 5.56 Å². The number of carbonyl (C=O) groups excluding carboxylic acids is 1. The monoisotopic (exact) mass is 485 g/mol. The number of rotatable bonds is 7. The van der Waals surface area contributed by atoms with Gasteiger partial charge < -0.3 is 9.32 Å². The van der Waals surface area contributed by atoms with E-state index in [1.54, 1.807) is 17.0 Å². The van der Waals surface area contributed by atoms with Crippen LogP contribution in [0.15, 0.2) is 69.9 Å². The molecule has 0 radical (unpaired) electrons. The fraction of sp³-hybridized carbons (Fsp3) is 0.250. The summed E-state index contributed by atoms with van der Waals surface area (Å²) >= 11 is 1.46. The molecular formula is C28H27N3O3S. The normalized spacial score (nSPS) is 11.7. The third-order valence-electron chi connectivity index (χ3n) is 6.49. The van der Waals surface area contributed by atoms with Gasteiger partial charge in [0.15, 0.2) is 5.13 Å². The van der Waals surface area contributed by atoms with E-state index < -0.39 is 11.5 Å². The Hall–Kier alpha value is -3.55. The Bertz CT molecular complexity index is 1600. The van der Waals surface area contributed by atoms with E-state index in [0.717, 1.165) is 45.0 Å². The quantitative estimate of drug-likeness (QED) is 0.214. The molecule has 6 nitrogen and oxygen atoms in total. The lowest BCUT2D eigenvalue weighted by Gasteiger charge is -2.24. The van der Waals surface area contributed by atoms with Gasteiger partial charge in [-0.3, -0.25) is 9.69 Å². The van der Waals surface area contributed by atoms with Crippen LogP contribution >= 0.6 is 11.3 Å². The Balaban J connectivity index is 1.63. The van der Waals surface area contributed by atoms with Crippen molar-refractivity contribution < 1.29 is 9.21 Å². The van der Waals surface area contributed by atoms with Crippen LogP contribution in [-0.2, 0) is 0 Å². The standard InChI is InChI=1S/C28H27N3O3S/c1-4-30(5-2)15-16-31(28-29-25-18(3)9-8-12-24(25)35-28)26(32)22-17-21-20-11-7-6-10-19(20)13-14-23(21)34-27(22)33/h6-14,17H,4-5,15-16H2,1-3H3. The van der Waals surface area contributed by atoms with E-state index in [1.165, 1.54) is 11.3 Å². The number of likely N-dealkylation sites (N-methyl/N-ethyl adjacent to an activating group) is 1. The molecule has 35 heavy (non-hydrogen) atoms. The predicted molar refractivity (Wildman–Crippen MR) is 144 cm³/mol. The molecule has 2 heterocycles. The molecule has 0 saturated carbocycles. The molecule has 0 aliphatic rings. The second-order valence-electron chi connectivity index (χ2n) is 8.55. The van der Waals surface area contributed by atoms with Gasteiger partial charge in [-0.2, -0.15) is 0 Å². The highest BCUT2D eigenvalue weighted by atomic mass is 32.1. The van der Waals surface area contributed by atoms with Crippen LogP contribution in [0.3, 0.4) is 0 Å². The first-order valence-electron chi connectivity index (χ1n) is 11.9. The number of amides is 1. The van der Waals surface area contributed by atoms with Gasteiger partial charge in [-0.05, 0) is 54.5 Å². The van der Waals surface area contributed by atoms with Crippen LogP contribution in [0.2, 0.25) is 0 Å². The summed E-state index contributed by atoms with van der Waals surface area (Å²) in [5.41, 5.74) is 1.78. The number of hydrogen-bond acceptors (Lipinski definition) is 6. The van der Waals surface area contributed by atoms with Crippen molar-refractivity contribution in [2.75, 3.05) is 31.1 Å². The summed E-state index contributed by atoms with van der Waals surface area (Å²) in [7, 11) is 0. The van der Waals surface area contributed by atoms with Crippen LogP contribution < -0.4 is 10.5 Å². The number of carbonyl (C=O) groups is 1. The minimum absolute atomic E-state index is 0.0179. The molecule has 0 aliphatic carbocycles. The lowest BCUT2D eigenvalue weighted by atomic mass is 10.0. The molecule has 178 valence electrons. The van der Waals surface area contributed by atoms with Gasteiger partial charge in [-0.1, -0.05) is 67.6 Å². The van der Waals surface area contributed by atoms with Crippen molar-refractivity contribution >= 4 is 54.3 Å². The highest BCUT2D eigenvalue weighted by molar-refractivity contribution is 7.22. The van der Waals surface area contributed by atoms with Crippen LogP contribution in [0.1, 0.15) is 29.8 Å². The molecule has 3 aromatic carbocycles. The number of aryl methyl sites for hydroxylation is 1. The summed E-state index contributed by atoms with van der Waals surface area (Å²) in [6.45, 7) is 9.06. The van der Waals surface area contributed by atoms with Gasteiger partial charge in [-0.15, -0.1) is 0 Å². The Labute approximate surface area is 207 Å². The zero-order valence-corrected chi connectivity index (χ0v) is 20.9. The molecule has 0 aliphatic heterocycles. The van der Waals surface area contributed by atoms with Crippen LogP contribution in [0.4, 0.5) is 5.13 Å². The Morgan fingerprint density at radius 3 is 2.54 bits per heavy atom. The number of benzene rings is 3. The van der Waals surface area contributed by atoms with Crippen LogP contribution in [0.5, 0.6) is 0 Å². The van der Waals surface area contributed by atoms with Gasteiger partial charge in [-0.25, -0.2) is 9.78 Å². The molecule has 2 aromatic heterocycles. The van der Waals surface area contributed by atoms with Gasteiger partial charge in [0.25, 0.3) is 5.91 Å². The number of aromatic nitrogens is 1. The van der Waals surface area contributed by atoms with E-state index >= 15 is 0 Å². The summed E-state index contributed by atoms with van der Waals surface area (Å²) in [6, 6.07) is 19.3. The zero-order chi connectivity index (χ0) is 24.5. The van der Waals surface area contributed by atoms with Crippen molar-refractivity contribution in [3.05, 3.63) is 82.2 Å². The lowest BCUT2D eigenvalue weighted by molar-refractivity contribution is 0.0980. The van der Waals surface area contributed by atoms with Crippen molar-refractivity contribution in [2.45, 2.75) is 20.8 Å². The minimum atomic E-state index is -0.636. The fourth-order valence-electron chi connectivity index (χ4n) is 4.42. The Morgan fingerprint density at radius 2 is 1.77 bits per heavy atom. The van der Waals surface area contributed by atoms with E-state index in [4.69, 9.17) is 9.40 Å². The van der Waals surface area contributed by atoms with E-state index in [0.29, 0.717) is 23.8 Å². The van der Waals surface area contributed by atoms with Gasteiger partial charge in [0.2, 0.25) is 0 Å². The van der Waals surface area contributed by atoms with Crippen molar-refractivity contribution in [3.63, 3.8) is 0 Å². The van der Waals surface area contributed by atoms with Crippen molar-refractivity contribution in [3.8, 4) is 0 Å². The third kappa shape index (κ3) is 4.33. The number of nitrogens with zero attached hydrogens (tertiary/aromatic N) is 3. The largest absolute Gasteiger partial charge is 0.422 e. The number of hydrogen-bond donors (Lipinski definition) is 0. The maximum atomic E-state index is 13.9. The summed E-state index contributed by atoms with van der Waals surface area (Å²) < 4.78 is 6.63. The minimum Gasteiger partial charge on any atom is -0.422 e. The fourth-order valence-corrected chi connectivity index (χ4v) is 5.49. The van der Waals surface area contributed by atoms with E-state index in [1.807, 2.05) is 55.5 Å². The molecule has 0 unspecified atom stereocenters. The molecule has 0 N–H and O–H groups in total. The highest BCUT2D eigenvalue weighted by Gasteiger charge is 2.26. The molecule has 5 aromatic rings. The molecule has 7 heteroatoms. The molecule has 0 atom stereocenters. The summed E-state index contributed by atoms with van der Waals surface area (Å²) in [6.07, 6.45) is 0. The Kier molecular flexibility index (Phi) is 6.36. The van der Waals surface area contributed by atoms with Gasteiger partial charge in [0.05, 0.1) is 10.2 Å². The molecule has 5 rings (SSSR count). The molecular weight excluding hydrogens is 458 g/mol. The molecule has 0 saturated heterocycles. The predicted octanol–water partition coefficient (Wildman–Crippen LogP) is 5.85. The third-order valence-corrected chi connectivity index (χ3v) is 7.54. The first-order valence-corrected chi connectivity index (χ1v) is 12.7. The highest BCUT2D eigenvalue weighted by Crippen LogP contribution is 2.32. The van der Waals surface area contributed by atoms with Gasteiger partial charge in [0.1, 0.15) is 11.1 Å². The van der Waals surface area contributed by atoms with E-state index in [2.05, 4.69) is 18.7 Å². The number of fused-ring (bicyclic) bond motifs is 4. The maximum absolute atomic E-state index is 13.9. The number of anilines is 1. The average molecular weight is 486 g/mol. The molecule has 0 bridgehead atoms. The van der Waals surface area contributed by atoms with Crippen molar-refractivity contribution in [2.24, 2.45) is 0 Å². The Morgan fingerprint density at radius 1 is 0.971 bits per heavy atom. The zero-order valence-electron chi connectivity index (χ0n) is 20.1. The summed E-state index contributed by atoms with van der Waals surface area (Å²) in [4.78, 5) is 35.6. The SMILES string of the molecule is CCN(CC)CCN(C(=O)c1cc2c(ccc3ccccc32)oc1=O)c1nc2c(C)cccc2s1. The second-order valence-corrected chi connectivity index (χ2v) is 9.56. The molecule has 1 amide bonds. The van der Waals surface area contributed by atoms with Crippen LogP contribution in [0.25, 0.3) is 32.0 Å². The lowest BCUT2D eigenvalue weighted by Crippen LogP contribution is -2.40. The summed E-state index contributed by atoms with van der Waals surface area (Å²) in [5.74, 6) is -0.391. The van der Waals surface area contributed by atoms with Crippen LogP contribution in [-0.4, -0.2) is 42.0 Å². The summed E-state index contributed by atoms with van der Waals surface area (Å²) in [5, 5.41) is 3.29. The average Bonchev–Trinajstić information content (AvgIpc) is 3.31. The first-order chi connectivity index (χ1) is 17.0. The molecule has 0 fully saturated rings. The number of para-hydroxylation sites is 1. The first kappa shape index (κ1) is 23.2. The molecule has 0 spiro atoms. The van der Waals surface area contributed by atoms with Crippen molar-refractivity contribution in [1.82, 2.24) is 9.88 Å². The second kappa shape index (κ2) is 9.60. The topological polar surface area (TPSA) is 66.7 Å².